The first-order valence-corrected chi connectivity index (χ1v) is 6.93. The van der Waals surface area contributed by atoms with Crippen molar-refractivity contribution in [3.63, 3.8) is 0 Å². The van der Waals surface area contributed by atoms with E-state index in [0.717, 1.165) is 31.7 Å². The van der Waals surface area contributed by atoms with Crippen LogP contribution in [0.1, 0.15) is 30.1 Å². The Bertz CT molecular complexity index is 428. The molecule has 1 aromatic rings. The van der Waals surface area contributed by atoms with Crippen LogP contribution in [-0.4, -0.2) is 43.6 Å². The van der Waals surface area contributed by atoms with E-state index in [9.17, 15) is 4.79 Å². The molecular formula is C15H22N2O2. The molecule has 1 fully saturated rings. The van der Waals surface area contributed by atoms with Crippen LogP contribution < -0.4 is 10.1 Å². The lowest BCUT2D eigenvalue weighted by molar-refractivity contribution is 0.0703. The maximum atomic E-state index is 12.5. The third kappa shape index (κ3) is 3.47. The van der Waals surface area contributed by atoms with Crippen LogP contribution in [0.25, 0.3) is 0 Å². The third-order valence-electron chi connectivity index (χ3n) is 3.57. The Morgan fingerprint density at radius 2 is 2.16 bits per heavy atom. The molecule has 19 heavy (non-hydrogen) atoms. The maximum absolute atomic E-state index is 12.5. The second kappa shape index (κ2) is 6.57. The topological polar surface area (TPSA) is 41.6 Å². The number of benzene rings is 1. The third-order valence-corrected chi connectivity index (χ3v) is 3.57. The van der Waals surface area contributed by atoms with Crippen molar-refractivity contribution in [3.05, 3.63) is 29.8 Å². The van der Waals surface area contributed by atoms with Crippen LogP contribution in [0.2, 0.25) is 0 Å². The molecule has 2 rings (SSSR count). The minimum absolute atomic E-state index is 0.0773. The molecule has 4 nitrogen and oxygen atoms in total. The van der Waals surface area contributed by atoms with Gasteiger partial charge in [0.05, 0.1) is 6.61 Å². The number of carbonyl (C=O) groups is 1. The van der Waals surface area contributed by atoms with E-state index in [0.29, 0.717) is 18.2 Å². The average molecular weight is 262 g/mol. The van der Waals surface area contributed by atoms with E-state index < -0.39 is 0 Å². The van der Waals surface area contributed by atoms with E-state index in [1.165, 1.54) is 0 Å². The molecule has 0 unspecified atom stereocenters. The maximum Gasteiger partial charge on any atom is 0.253 e. The van der Waals surface area contributed by atoms with Gasteiger partial charge < -0.3 is 15.0 Å². The number of hydrogen-bond donors (Lipinski definition) is 1. The Balaban J connectivity index is 2.07. The number of rotatable bonds is 4. The summed E-state index contributed by atoms with van der Waals surface area (Å²) in [5, 5.41) is 3.32. The molecule has 1 aromatic carbocycles. The fraction of sp³-hybridized carbons (Fsp3) is 0.533. The average Bonchev–Trinajstić information content (AvgIpc) is 2.47. The summed E-state index contributed by atoms with van der Waals surface area (Å²) in [6.07, 6.45) is 2.04. The zero-order valence-electron chi connectivity index (χ0n) is 11.7. The molecule has 0 spiro atoms. The Labute approximate surface area is 114 Å². The molecule has 1 amide bonds. The Morgan fingerprint density at radius 3 is 2.84 bits per heavy atom. The first kappa shape index (κ1) is 13.9. The number of carbonyl (C=O) groups excluding carboxylic acids is 1. The van der Waals surface area contributed by atoms with Crippen molar-refractivity contribution >= 4 is 5.91 Å². The van der Waals surface area contributed by atoms with Gasteiger partial charge in [-0.3, -0.25) is 4.79 Å². The van der Waals surface area contributed by atoms with E-state index >= 15 is 0 Å². The molecule has 0 aromatic heterocycles. The van der Waals surface area contributed by atoms with Crippen LogP contribution in [0, 0.1) is 0 Å². The van der Waals surface area contributed by atoms with Crippen LogP contribution in [0.5, 0.6) is 5.75 Å². The van der Waals surface area contributed by atoms with Gasteiger partial charge in [0.2, 0.25) is 0 Å². The van der Waals surface area contributed by atoms with Gasteiger partial charge >= 0.3 is 0 Å². The largest absolute Gasteiger partial charge is 0.494 e. The van der Waals surface area contributed by atoms with E-state index in [1.54, 1.807) is 0 Å². The fourth-order valence-corrected chi connectivity index (χ4v) is 2.45. The molecule has 1 N–H and O–H groups in total. The zero-order chi connectivity index (χ0) is 13.7. The Hall–Kier alpha value is -1.55. The summed E-state index contributed by atoms with van der Waals surface area (Å²) in [5.41, 5.74) is 0.701. The number of amides is 1. The highest BCUT2D eigenvalue weighted by atomic mass is 16.5. The number of ether oxygens (including phenoxy) is 1. The molecule has 0 radical (unpaired) electrons. The predicted octanol–water partition coefficient (Wildman–Crippen LogP) is 1.91. The van der Waals surface area contributed by atoms with Crippen LogP contribution >= 0.6 is 0 Å². The van der Waals surface area contributed by atoms with Crippen molar-refractivity contribution in [1.29, 1.82) is 0 Å². The van der Waals surface area contributed by atoms with Gasteiger partial charge in [-0.05, 0) is 51.1 Å². The van der Waals surface area contributed by atoms with Gasteiger partial charge in [0.15, 0.2) is 0 Å². The van der Waals surface area contributed by atoms with Crippen molar-refractivity contribution in [3.8, 4) is 5.75 Å². The highest BCUT2D eigenvalue weighted by Crippen LogP contribution is 2.17. The van der Waals surface area contributed by atoms with Gasteiger partial charge in [-0.25, -0.2) is 0 Å². The lowest BCUT2D eigenvalue weighted by Gasteiger charge is -2.31. The standard InChI is InChI=1S/C15H22N2O2/c1-3-19-14-6-4-5-12(11-14)15(18)17(2)13-7-9-16-10-8-13/h4-6,11,13,16H,3,7-10H2,1-2H3. The summed E-state index contributed by atoms with van der Waals surface area (Å²) in [4.78, 5) is 14.3. The highest BCUT2D eigenvalue weighted by molar-refractivity contribution is 5.94. The van der Waals surface area contributed by atoms with Crippen molar-refractivity contribution in [2.24, 2.45) is 0 Å². The minimum atomic E-state index is 0.0773. The molecular weight excluding hydrogens is 240 g/mol. The minimum Gasteiger partial charge on any atom is -0.494 e. The van der Waals surface area contributed by atoms with E-state index in [1.807, 2.05) is 43.1 Å². The van der Waals surface area contributed by atoms with Crippen molar-refractivity contribution in [2.75, 3.05) is 26.7 Å². The summed E-state index contributed by atoms with van der Waals surface area (Å²) in [6.45, 7) is 4.53. The molecule has 0 atom stereocenters. The quantitative estimate of drug-likeness (QED) is 0.901. The summed E-state index contributed by atoms with van der Waals surface area (Å²) in [6, 6.07) is 7.76. The van der Waals surface area contributed by atoms with Crippen molar-refractivity contribution < 1.29 is 9.53 Å². The second-order valence-corrected chi connectivity index (χ2v) is 4.86. The molecule has 1 saturated heterocycles. The van der Waals surface area contributed by atoms with Crippen LogP contribution in [0.15, 0.2) is 24.3 Å². The zero-order valence-corrected chi connectivity index (χ0v) is 11.7. The number of nitrogens with zero attached hydrogens (tertiary/aromatic N) is 1. The lowest BCUT2D eigenvalue weighted by Crippen LogP contribution is -2.43. The monoisotopic (exact) mass is 262 g/mol. The summed E-state index contributed by atoms with van der Waals surface area (Å²) in [5.74, 6) is 0.834. The Kier molecular flexibility index (Phi) is 4.80. The van der Waals surface area contributed by atoms with E-state index in [4.69, 9.17) is 4.74 Å². The van der Waals surface area contributed by atoms with Crippen molar-refractivity contribution in [2.45, 2.75) is 25.8 Å². The molecule has 0 saturated carbocycles. The second-order valence-electron chi connectivity index (χ2n) is 4.86. The fourth-order valence-electron chi connectivity index (χ4n) is 2.45. The lowest BCUT2D eigenvalue weighted by atomic mass is 10.0. The van der Waals surface area contributed by atoms with Gasteiger partial charge in [0.25, 0.3) is 5.91 Å². The van der Waals surface area contributed by atoms with Gasteiger partial charge in [-0.2, -0.15) is 0 Å². The number of hydrogen-bond acceptors (Lipinski definition) is 3. The smallest absolute Gasteiger partial charge is 0.253 e. The molecule has 4 heteroatoms. The summed E-state index contributed by atoms with van der Waals surface area (Å²) >= 11 is 0. The van der Waals surface area contributed by atoms with E-state index in [-0.39, 0.29) is 5.91 Å². The molecule has 1 aliphatic rings. The SMILES string of the molecule is CCOc1cccc(C(=O)N(C)C2CCNCC2)c1. The van der Waals surface area contributed by atoms with E-state index in [2.05, 4.69) is 5.32 Å². The number of nitrogens with one attached hydrogen (secondary N) is 1. The van der Waals surface area contributed by atoms with Crippen molar-refractivity contribution in [1.82, 2.24) is 10.2 Å². The van der Waals surface area contributed by atoms with Gasteiger partial charge in [-0.1, -0.05) is 6.07 Å². The normalized spacial score (nSPS) is 16.1. The van der Waals surface area contributed by atoms with Gasteiger partial charge in [-0.15, -0.1) is 0 Å². The molecule has 0 aliphatic carbocycles. The first-order chi connectivity index (χ1) is 9.22. The summed E-state index contributed by atoms with van der Waals surface area (Å²) in [7, 11) is 1.89. The summed E-state index contributed by atoms with van der Waals surface area (Å²) < 4.78 is 5.44. The van der Waals surface area contributed by atoms with Crippen LogP contribution in [0.3, 0.4) is 0 Å². The molecule has 1 aliphatic heterocycles. The van der Waals surface area contributed by atoms with Gasteiger partial charge in [0, 0.05) is 18.7 Å². The predicted molar refractivity (Wildman–Crippen MR) is 75.6 cm³/mol. The molecule has 0 bridgehead atoms. The first-order valence-electron chi connectivity index (χ1n) is 6.93. The Morgan fingerprint density at radius 1 is 1.42 bits per heavy atom. The molecule has 104 valence electrons. The van der Waals surface area contributed by atoms with Crippen LogP contribution in [0.4, 0.5) is 0 Å². The number of piperidine rings is 1. The van der Waals surface area contributed by atoms with Crippen LogP contribution in [-0.2, 0) is 0 Å². The van der Waals surface area contributed by atoms with Gasteiger partial charge in [0.1, 0.15) is 5.75 Å². The highest BCUT2D eigenvalue weighted by Gasteiger charge is 2.22. The molecule has 1 heterocycles.